The van der Waals surface area contributed by atoms with Crippen molar-refractivity contribution in [3.8, 4) is 0 Å². The zero-order valence-electron chi connectivity index (χ0n) is 17.2. The summed E-state index contributed by atoms with van der Waals surface area (Å²) in [5.74, 6) is 0.590. The maximum absolute atomic E-state index is 13.2. The molecule has 28 heavy (non-hydrogen) atoms. The second-order valence-electron chi connectivity index (χ2n) is 8.25. The van der Waals surface area contributed by atoms with Crippen LogP contribution in [0.25, 0.3) is 10.9 Å². The fourth-order valence-corrected chi connectivity index (χ4v) is 4.51. The van der Waals surface area contributed by atoms with Crippen LogP contribution in [0.1, 0.15) is 33.6 Å². The number of carbonyl (C=O) groups excluding carboxylic acids is 1. The number of hydrogen-bond donors (Lipinski definition) is 1. The maximum Gasteiger partial charge on any atom is 0.270 e. The smallest absolute Gasteiger partial charge is 0.270 e. The summed E-state index contributed by atoms with van der Waals surface area (Å²) >= 11 is 0. The number of H-pyrrole nitrogens is 1. The largest absolute Gasteiger partial charge is 0.371 e. The van der Waals surface area contributed by atoms with E-state index in [4.69, 9.17) is 0 Å². The van der Waals surface area contributed by atoms with Crippen molar-refractivity contribution in [1.29, 1.82) is 0 Å². The van der Waals surface area contributed by atoms with E-state index in [1.54, 1.807) is 0 Å². The molecule has 1 aliphatic rings. The van der Waals surface area contributed by atoms with Gasteiger partial charge in [-0.2, -0.15) is 0 Å². The molecular formula is C24H29N3O. The van der Waals surface area contributed by atoms with E-state index in [0.717, 1.165) is 48.2 Å². The molecule has 0 saturated carbocycles. The Balaban J connectivity index is 1.48. The number of rotatable bonds is 4. The van der Waals surface area contributed by atoms with E-state index in [1.165, 1.54) is 16.8 Å². The Morgan fingerprint density at radius 3 is 2.68 bits per heavy atom. The van der Waals surface area contributed by atoms with Crippen LogP contribution in [0, 0.1) is 26.7 Å². The molecule has 3 aromatic rings. The molecule has 1 amide bonds. The molecule has 4 heteroatoms. The van der Waals surface area contributed by atoms with E-state index < -0.39 is 0 Å². The third-order valence-electron chi connectivity index (χ3n) is 6.01. The normalized spacial score (nSPS) is 16.7. The Kier molecular flexibility index (Phi) is 4.88. The van der Waals surface area contributed by atoms with Gasteiger partial charge in [-0.15, -0.1) is 0 Å². The van der Waals surface area contributed by atoms with Crippen molar-refractivity contribution in [2.24, 2.45) is 5.92 Å². The molecule has 1 atom stereocenters. The predicted octanol–water partition coefficient (Wildman–Crippen LogP) is 4.69. The number of aromatic nitrogens is 1. The summed E-state index contributed by atoms with van der Waals surface area (Å²) < 4.78 is 0. The number of carbonyl (C=O) groups is 1. The molecular weight excluding hydrogens is 346 g/mol. The number of para-hydroxylation sites is 1. The molecule has 4 nitrogen and oxygen atoms in total. The molecule has 1 unspecified atom stereocenters. The minimum atomic E-state index is 0.0870. The number of anilines is 1. The average Bonchev–Trinajstić information content (AvgIpc) is 3.27. The number of benzene rings is 2. The fourth-order valence-electron chi connectivity index (χ4n) is 4.51. The number of nitrogens with zero attached hydrogens (tertiary/aromatic N) is 2. The number of amides is 1. The number of nitrogens with one attached hydrogen (secondary N) is 1. The first-order valence-corrected chi connectivity index (χ1v) is 10.1. The lowest BCUT2D eigenvalue weighted by Crippen LogP contribution is -2.33. The SMILES string of the molecule is Cc1cc(C)c2[nH]c(C(=O)N(C)CC3CCN(c4ccccc4)C3)c(C)c2c1. The Bertz CT molecular complexity index is 1010. The Labute approximate surface area is 167 Å². The standard InChI is InChI=1S/C24H29N3O/c1-16-12-17(2)22-21(13-16)18(3)23(25-22)24(28)26(4)14-19-10-11-27(15-19)20-8-6-5-7-9-20/h5-9,12-13,19,25H,10-11,14-15H2,1-4H3. The Morgan fingerprint density at radius 2 is 1.93 bits per heavy atom. The molecule has 0 radical (unpaired) electrons. The van der Waals surface area contributed by atoms with Crippen molar-refractivity contribution < 1.29 is 4.79 Å². The summed E-state index contributed by atoms with van der Waals surface area (Å²) in [6.45, 7) is 9.09. The zero-order chi connectivity index (χ0) is 19.8. The van der Waals surface area contributed by atoms with E-state index in [1.807, 2.05) is 18.9 Å². The summed E-state index contributed by atoms with van der Waals surface area (Å²) in [5.41, 5.74) is 6.55. The minimum Gasteiger partial charge on any atom is -0.371 e. The highest BCUT2D eigenvalue weighted by Crippen LogP contribution is 2.28. The second kappa shape index (κ2) is 7.34. The highest BCUT2D eigenvalue weighted by atomic mass is 16.2. The molecule has 2 heterocycles. The molecule has 0 bridgehead atoms. The van der Waals surface area contributed by atoms with E-state index in [0.29, 0.717) is 5.92 Å². The van der Waals surface area contributed by atoms with Gasteiger partial charge in [0.1, 0.15) is 5.69 Å². The van der Waals surface area contributed by atoms with Crippen LogP contribution in [-0.2, 0) is 0 Å². The zero-order valence-corrected chi connectivity index (χ0v) is 17.2. The van der Waals surface area contributed by atoms with Gasteiger partial charge in [-0.05, 0) is 62.4 Å². The highest BCUT2D eigenvalue weighted by molar-refractivity contribution is 6.01. The van der Waals surface area contributed by atoms with Gasteiger partial charge in [0.25, 0.3) is 5.91 Å². The maximum atomic E-state index is 13.2. The van der Waals surface area contributed by atoms with Crippen LogP contribution in [0.3, 0.4) is 0 Å². The van der Waals surface area contributed by atoms with Gasteiger partial charge in [-0.1, -0.05) is 29.8 Å². The van der Waals surface area contributed by atoms with Gasteiger partial charge in [-0.25, -0.2) is 0 Å². The van der Waals surface area contributed by atoms with Crippen LogP contribution in [0.4, 0.5) is 5.69 Å². The van der Waals surface area contributed by atoms with Crippen LogP contribution in [-0.4, -0.2) is 42.5 Å². The molecule has 0 aliphatic carbocycles. The number of aromatic amines is 1. The first kappa shape index (κ1) is 18.6. The molecule has 146 valence electrons. The van der Waals surface area contributed by atoms with Crippen molar-refractivity contribution in [3.63, 3.8) is 0 Å². The summed E-state index contributed by atoms with van der Waals surface area (Å²) in [5, 5.41) is 1.16. The van der Waals surface area contributed by atoms with Gasteiger partial charge in [0.15, 0.2) is 0 Å². The topological polar surface area (TPSA) is 39.3 Å². The molecule has 1 fully saturated rings. The van der Waals surface area contributed by atoms with E-state index in [2.05, 4.69) is 66.2 Å². The minimum absolute atomic E-state index is 0.0870. The van der Waals surface area contributed by atoms with E-state index in [-0.39, 0.29) is 5.91 Å². The molecule has 1 aliphatic heterocycles. The van der Waals surface area contributed by atoms with Gasteiger partial charge >= 0.3 is 0 Å². The average molecular weight is 376 g/mol. The number of aryl methyl sites for hydroxylation is 3. The lowest BCUT2D eigenvalue weighted by molar-refractivity contribution is 0.0771. The molecule has 1 N–H and O–H groups in total. The van der Waals surface area contributed by atoms with Crippen molar-refractivity contribution in [2.45, 2.75) is 27.2 Å². The van der Waals surface area contributed by atoms with Gasteiger partial charge < -0.3 is 14.8 Å². The van der Waals surface area contributed by atoms with Gasteiger partial charge in [0.2, 0.25) is 0 Å². The number of hydrogen-bond acceptors (Lipinski definition) is 2. The van der Waals surface area contributed by atoms with E-state index >= 15 is 0 Å². The molecule has 1 saturated heterocycles. The summed E-state index contributed by atoms with van der Waals surface area (Å²) in [7, 11) is 1.93. The van der Waals surface area contributed by atoms with E-state index in [9.17, 15) is 4.79 Å². The Morgan fingerprint density at radius 1 is 1.18 bits per heavy atom. The van der Waals surface area contributed by atoms with Gasteiger partial charge in [-0.3, -0.25) is 4.79 Å². The first-order chi connectivity index (χ1) is 13.4. The second-order valence-corrected chi connectivity index (χ2v) is 8.25. The van der Waals surface area contributed by atoms with Crippen molar-refractivity contribution >= 4 is 22.5 Å². The highest BCUT2D eigenvalue weighted by Gasteiger charge is 2.27. The van der Waals surface area contributed by atoms with Crippen molar-refractivity contribution in [1.82, 2.24) is 9.88 Å². The van der Waals surface area contributed by atoms with Gasteiger partial charge in [0.05, 0.1) is 0 Å². The number of fused-ring (bicyclic) bond motifs is 1. The van der Waals surface area contributed by atoms with Crippen LogP contribution in [0.5, 0.6) is 0 Å². The third kappa shape index (κ3) is 3.39. The molecule has 0 spiro atoms. The first-order valence-electron chi connectivity index (χ1n) is 10.1. The summed E-state index contributed by atoms with van der Waals surface area (Å²) in [6, 6.07) is 14.9. The molecule has 1 aromatic heterocycles. The van der Waals surface area contributed by atoms with Crippen LogP contribution in [0.15, 0.2) is 42.5 Å². The lowest BCUT2D eigenvalue weighted by Gasteiger charge is -2.22. The van der Waals surface area contributed by atoms with Crippen LogP contribution >= 0.6 is 0 Å². The molecule has 4 rings (SSSR count). The quantitative estimate of drug-likeness (QED) is 0.718. The van der Waals surface area contributed by atoms with Crippen molar-refractivity contribution in [2.75, 3.05) is 31.6 Å². The molecule has 2 aromatic carbocycles. The van der Waals surface area contributed by atoms with Gasteiger partial charge in [0, 0.05) is 43.3 Å². The summed E-state index contributed by atoms with van der Waals surface area (Å²) in [4.78, 5) is 20.9. The predicted molar refractivity (Wildman–Crippen MR) is 116 cm³/mol. The lowest BCUT2D eigenvalue weighted by atomic mass is 10.1. The fraction of sp³-hybridized carbons (Fsp3) is 0.375. The third-order valence-corrected chi connectivity index (χ3v) is 6.01. The van der Waals surface area contributed by atoms with Crippen LogP contribution < -0.4 is 4.90 Å². The Hall–Kier alpha value is -2.75. The van der Waals surface area contributed by atoms with Crippen LogP contribution in [0.2, 0.25) is 0 Å². The van der Waals surface area contributed by atoms with Crippen molar-refractivity contribution in [3.05, 3.63) is 64.8 Å². The monoisotopic (exact) mass is 375 g/mol. The summed E-state index contributed by atoms with van der Waals surface area (Å²) in [6.07, 6.45) is 1.12.